The van der Waals surface area contributed by atoms with Crippen molar-refractivity contribution < 1.29 is 13.2 Å². The zero-order chi connectivity index (χ0) is 19.7. The summed E-state index contributed by atoms with van der Waals surface area (Å²) in [5.41, 5.74) is 3.12. The average Bonchev–Trinajstić information content (AvgIpc) is 2.99. The first-order chi connectivity index (χ1) is 12.9. The summed E-state index contributed by atoms with van der Waals surface area (Å²) in [7, 11) is 0. The minimum absolute atomic E-state index is 0.182. The molecule has 0 atom stereocenters. The molecule has 0 aliphatic rings. The van der Waals surface area contributed by atoms with E-state index >= 15 is 0 Å². The topological polar surface area (TPSA) is 54.2 Å². The molecule has 0 spiro atoms. The molecular formula is C19H26F3N5. The third-order valence-electron chi connectivity index (χ3n) is 3.94. The summed E-state index contributed by atoms with van der Waals surface area (Å²) in [5, 5.41) is 10.2. The van der Waals surface area contributed by atoms with Crippen molar-refractivity contribution in [3.05, 3.63) is 47.8 Å². The first-order valence-corrected chi connectivity index (χ1v) is 9.08. The van der Waals surface area contributed by atoms with E-state index in [2.05, 4.69) is 20.7 Å². The van der Waals surface area contributed by atoms with Gasteiger partial charge in [0.05, 0.1) is 17.8 Å². The lowest BCUT2D eigenvalue weighted by atomic mass is 10.1. The average molecular weight is 381 g/mol. The molecule has 0 saturated carbocycles. The Kier molecular flexibility index (Phi) is 7.69. The summed E-state index contributed by atoms with van der Waals surface area (Å²) in [5.74, 6) is 0.415. The van der Waals surface area contributed by atoms with Crippen molar-refractivity contribution in [1.82, 2.24) is 20.4 Å². The van der Waals surface area contributed by atoms with E-state index < -0.39 is 12.6 Å². The number of nitrogens with zero attached hydrogens (tertiary/aromatic N) is 3. The van der Waals surface area contributed by atoms with Gasteiger partial charge in [-0.15, -0.1) is 0 Å². The van der Waals surface area contributed by atoms with Gasteiger partial charge in [-0.1, -0.05) is 18.2 Å². The highest BCUT2D eigenvalue weighted by Gasteiger charge is 2.26. The van der Waals surface area contributed by atoms with Gasteiger partial charge in [0.15, 0.2) is 5.96 Å². The number of guanidine groups is 1. The molecule has 0 aliphatic carbocycles. The highest BCUT2D eigenvalue weighted by atomic mass is 19.4. The highest BCUT2D eigenvalue weighted by Crippen LogP contribution is 2.18. The zero-order valence-electron chi connectivity index (χ0n) is 15.7. The molecule has 2 N–H and O–H groups in total. The molecule has 148 valence electrons. The van der Waals surface area contributed by atoms with Gasteiger partial charge >= 0.3 is 6.18 Å². The maximum atomic E-state index is 12.2. The van der Waals surface area contributed by atoms with Crippen molar-refractivity contribution in [2.45, 2.75) is 39.3 Å². The second kappa shape index (κ2) is 9.99. The second-order valence-corrected chi connectivity index (χ2v) is 6.18. The number of alkyl halides is 3. The Hall–Kier alpha value is -2.51. The third-order valence-corrected chi connectivity index (χ3v) is 3.94. The Morgan fingerprint density at radius 1 is 1.19 bits per heavy atom. The van der Waals surface area contributed by atoms with Gasteiger partial charge in [0.1, 0.15) is 0 Å². The monoisotopic (exact) mass is 381 g/mol. The Labute approximate surface area is 157 Å². The summed E-state index contributed by atoms with van der Waals surface area (Å²) in [6.07, 6.45) is -1.43. The van der Waals surface area contributed by atoms with Crippen LogP contribution < -0.4 is 10.6 Å². The zero-order valence-corrected chi connectivity index (χ0v) is 15.7. The van der Waals surface area contributed by atoms with E-state index in [0.717, 1.165) is 29.8 Å². The molecule has 1 heterocycles. The number of aliphatic imine (C=N–C) groups is 1. The van der Waals surface area contributed by atoms with Crippen LogP contribution in [0.5, 0.6) is 0 Å². The van der Waals surface area contributed by atoms with Crippen molar-refractivity contribution in [3.8, 4) is 5.69 Å². The van der Waals surface area contributed by atoms with Gasteiger partial charge in [-0.2, -0.15) is 18.3 Å². The quantitative estimate of drug-likeness (QED) is 0.417. The van der Waals surface area contributed by atoms with Crippen LogP contribution in [0.2, 0.25) is 0 Å². The normalized spacial score (nSPS) is 12.3. The molecule has 0 unspecified atom stereocenters. The lowest BCUT2D eigenvalue weighted by Gasteiger charge is -2.12. The summed E-state index contributed by atoms with van der Waals surface area (Å²) in [6.45, 7) is 4.79. The molecule has 0 saturated heterocycles. The van der Waals surface area contributed by atoms with Crippen LogP contribution in [-0.4, -0.2) is 41.6 Å². The van der Waals surface area contributed by atoms with Crippen LogP contribution in [0.15, 0.2) is 41.5 Å². The van der Waals surface area contributed by atoms with E-state index in [4.69, 9.17) is 0 Å². The van der Waals surface area contributed by atoms with Crippen LogP contribution in [0.3, 0.4) is 0 Å². The molecule has 27 heavy (non-hydrogen) atoms. The third kappa shape index (κ3) is 7.32. The number of rotatable bonds is 8. The van der Waals surface area contributed by atoms with E-state index in [0.29, 0.717) is 19.0 Å². The van der Waals surface area contributed by atoms with Gasteiger partial charge in [-0.25, -0.2) is 4.68 Å². The number of para-hydroxylation sites is 1. The fourth-order valence-corrected chi connectivity index (χ4v) is 2.58. The van der Waals surface area contributed by atoms with Gasteiger partial charge in [0.25, 0.3) is 0 Å². The summed E-state index contributed by atoms with van der Waals surface area (Å²) < 4.78 is 38.6. The number of hydrogen-bond acceptors (Lipinski definition) is 2. The molecule has 1 aromatic heterocycles. The fourth-order valence-electron chi connectivity index (χ4n) is 2.58. The largest absolute Gasteiger partial charge is 0.390 e. The number of benzene rings is 1. The Morgan fingerprint density at radius 3 is 2.59 bits per heavy atom. The number of hydrogen-bond donors (Lipinski definition) is 2. The highest BCUT2D eigenvalue weighted by molar-refractivity contribution is 5.79. The minimum atomic E-state index is -4.17. The van der Waals surface area contributed by atoms with Crippen LogP contribution in [0, 0.1) is 6.92 Å². The molecule has 0 radical (unpaired) electrons. The van der Waals surface area contributed by atoms with Gasteiger partial charge in [0, 0.05) is 25.8 Å². The predicted molar refractivity (Wildman–Crippen MR) is 101 cm³/mol. The molecule has 0 amide bonds. The Bertz CT molecular complexity index is 723. The molecule has 2 rings (SSSR count). The molecule has 0 aliphatic heterocycles. The lowest BCUT2D eigenvalue weighted by molar-refractivity contribution is -0.132. The number of aromatic nitrogens is 2. The lowest BCUT2D eigenvalue weighted by Crippen LogP contribution is -2.39. The van der Waals surface area contributed by atoms with Crippen LogP contribution in [0.1, 0.15) is 31.0 Å². The van der Waals surface area contributed by atoms with Crippen molar-refractivity contribution in [3.63, 3.8) is 0 Å². The maximum Gasteiger partial charge on any atom is 0.390 e. The summed E-state index contributed by atoms with van der Waals surface area (Å²) in [6, 6.07) is 9.89. The van der Waals surface area contributed by atoms with Crippen molar-refractivity contribution >= 4 is 5.96 Å². The van der Waals surface area contributed by atoms with E-state index in [1.807, 2.05) is 55.1 Å². The molecule has 0 fully saturated rings. The molecule has 5 nitrogen and oxygen atoms in total. The van der Waals surface area contributed by atoms with Crippen LogP contribution in [-0.2, 0) is 6.42 Å². The number of halogens is 3. The fraction of sp³-hybridized carbons (Fsp3) is 0.474. The maximum absolute atomic E-state index is 12.2. The summed E-state index contributed by atoms with van der Waals surface area (Å²) >= 11 is 0. The van der Waals surface area contributed by atoms with E-state index in [1.165, 1.54) is 0 Å². The van der Waals surface area contributed by atoms with E-state index in [9.17, 15) is 13.2 Å². The minimum Gasteiger partial charge on any atom is -0.357 e. The SMILES string of the molecule is CCNC(=NCCCc1cn(-c2ccccc2)nc1C)NCCC(F)(F)F. The summed E-state index contributed by atoms with van der Waals surface area (Å²) in [4.78, 5) is 4.34. The number of nitrogens with one attached hydrogen (secondary N) is 2. The molecular weight excluding hydrogens is 355 g/mol. The predicted octanol–water partition coefficient (Wildman–Crippen LogP) is 3.62. The van der Waals surface area contributed by atoms with Crippen LogP contribution in [0.4, 0.5) is 13.2 Å². The molecule has 2 aromatic rings. The second-order valence-electron chi connectivity index (χ2n) is 6.18. The van der Waals surface area contributed by atoms with Gasteiger partial charge in [-0.05, 0) is 44.4 Å². The van der Waals surface area contributed by atoms with Gasteiger partial charge in [0.2, 0.25) is 0 Å². The van der Waals surface area contributed by atoms with Crippen molar-refractivity contribution in [2.24, 2.45) is 4.99 Å². The molecule has 8 heteroatoms. The van der Waals surface area contributed by atoms with Crippen molar-refractivity contribution in [1.29, 1.82) is 0 Å². The van der Waals surface area contributed by atoms with Crippen LogP contribution in [0.25, 0.3) is 5.69 Å². The Balaban J connectivity index is 1.85. The van der Waals surface area contributed by atoms with Crippen molar-refractivity contribution in [2.75, 3.05) is 19.6 Å². The number of aryl methyl sites for hydroxylation is 2. The van der Waals surface area contributed by atoms with Gasteiger partial charge < -0.3 is 10.6 Å². The first kappa shape index (κ1) is 20.8. The van der Waals surface area contributed by atoms with Gasteiger partial charge in [-0.3, -0.25) is 4.99 Å². The smallest absolute Gasteiger partial charge is 0.357 e. The van der Waals surface area contributed by atoms with E-state index in [-0.39, 0.29) is 6.54 Å². The standard InChI is InChI=1S/C19H26F3N5/c1-3-23-18(25-13-11-19(20,21)22)24-12-7-8-16-14-27(26-15(16)2)17-9-5-4-6-10-17/h4-6,9-10,14H,3,7-8,11-13H2,1-2H3,(H2,23,24,25). The Morgan fingerprint density at radius 2 is 1.93 bits per heavy atom. The van der Waals surface area contributed by atoms with Crippen LogP contribution >= 0.6 is 0 Å². The molecule has 1 aromatic carbocycles. The molecule has 0 bridgehead atoms. The first-order valence-electron chi connectivity index (χ1n) is 9.08. The van der Waals surface area contributed by atoms with E-state index in [1.54, 1.807) is 0 Å².